The van der Waals surface area contributed by atoms with Crippen molar-refractivity contribution < 1.29 is 9.53 Å². The van der Waals surface area contributed by atoms with Crippen LogP contribution in [-0.4, -0.2) is 13.1 Å². The molecule has 0 unspecified atom stereocenters. The Balaban J connectivity index is 2.40. The van der Waals surface area contributed by atoms with E-state index in [0.717, 1.165) is 22.0 Å². The van der Waals surface area contributed by atoms with E-state index in [9.17, 15) is 4.79 Å². The molecule has 2 N–H and O–H groups in total. The van der Waals surface area contributed by atoms with Gasteiger partial charge in [0.15, 0.2) is 0 Å². The van der Waals surface area contributed by atoms with E-state index in [0.29, 0.717) is 0 Å². The maximum Gasteiger partial charge on any atom is 0.317 e. The fraction of sp³-hybridized carbons (Fsp3) is 0.133. The van der Waals surface area contributed by atoms with Crippen molar-refractivity contribution >= 4 is 22.4 Å². The fourth-order valence-electron chi connectivity index (χ4n) is 1.72. The van der Waals surface area contributed by atoms with E-state index in [2.05, 4.69) is 16.6 Å². The van der Waals surface area contributed by atoms with Gasteiger partial charge in [-0.05, 0) is 17.5 Å². The van der Waals surface area contributed by atoms with E-state index in [1.165, 1.54) is 7.11 Å². The minimum Gasteiger partial charge on any atom is -0.468 e. The number of esters is 1. The number of nitrogen functional groups attached to an aromatic ring is 1. The Morgan fingerprint density at radius 1 is 1.22 bits per heavy atom. The minimum absolute atomic E-state index is 0.0925. The highest BCUT2D eigenvalue weighted by Crippen LogP contribution is 2.23. The largest absolute Gasteiger partial charge is 0.468 e. The number of ether oxygens (including phenoxy) is 1. The number of carbonyl (C=O) groups is 1. The molecule has 2 aromatic carbocycles. The van der Waals surface area contributed by atoms with E-state index < -0.39 is 0 Å². The molecule has 0 aliphatic rings. The van der Waals surface area contributed by atoms with Gasteiger partial charge in [0.05, 0.1) is 7.11 Å². The van der Waals surface area contributed by atoms with E-state index in [4.69, 9.17) is 5.73 Å². The zero-order valence-corrected chi connectivity index (χ0v) is 10.1. The first kappa shape index (κ1) is 12.0. The highest BCUT2D eigenvalue weighted by molar-refractivity contribution is 5.96. The molecule has 0 aliphatic heterocycles. The van der Waals surface area contributed by atoms with Crippen molar-refractivity contribution in [3.8, 4) is 11.8 Å². The molecule has 90 valence electrons. The van der Waals surface area contributed by atoms with Crippen molar-refractivity contribution in [1.82, 2.24) is 0 Å². The van der Waals surface area contributed by atoms with Gasteiger partial charge in [-0.2, -0.15) is 0 Å². The Morgan fingerprint density at radius 3 is 2.67 bits per heavy atom. The molecule has 0 saturated carbocycles. The summed E-state index contributed by atoms with van der Waals surface area (Å²) in [5.41, 5.74) is 7.49. The van der Waals surface area contributed by atoms with Crippen molar-refractivity contribution in [2.24, 2.45) is 0 Å². The molecule has 3 heteroatoms. The summed E-state index contributed by atoms with van der Waals surface area (Å²) in [6, 6.07) is 11.5. The molecule has 2 aromatic rings. The van der Waals surface area contributed by atoms with Crippen molar-refractivity contribution in [3.05, 3.63) is 42.0 Å². The fourth-order valence-corrected chi connectivity index (χ4v) is 1.72. The van der Waals surface area contributed by atoms with Gasteiger partial charge in [-0.15, -0.1) is 0 Å². The van der Waals surface area contributed by atoms with Crippen molar-refractivity contribution in [3.63, 3.8) is 0 Å². The van der Waals surface area contributed by atoms with Crippen LogP contribution in [0.4, 0.5) is 5.69 Å². The van der Waals surface area contributed by atoms with Crippen molar-refractivity contribution in [1.29, 1.82) is 0 Å². The highest BCUT2D eigenvalue weighted by Gasteiger charge is 2.01. The molecule has 2 rings (SSSR count). The lowest BCUT2D eigenvalue weighted by Crippen LogP contribution is -1.97. The van der Waals surface area contributed by atoms with E-state index in [1.54, 1.807) is 0 Å². The molecule has 0 fully saturated rings. The molecular formula is C15H13NO2. The van der Waals surface area contributed by atoms with E-state index in [-0.39, 0.29) is 12.4 Å². The van der Waals surface area contributed by atoms with Crippen LogP contribution in [0, 0.1) is 11.8 Å². The zero-order chi connectivity index (χ0) is 13.0. The topological polar surface area (TPSA) is 52.3 Å². The lowest BCUT2D eigenvalue weighted by Gasteiger charge is -2.03. The summed E-state index contributed by atoms with van der Waals surface area (Å²) in [6.45, 7) is 0. The molecule has 0 aromatic heterocycles. The quantitative estimate of drug-likeness (QED) is 0.472. The van der Waals surface area contributed by atoms with Crippen LogP contribution in [0.5, 0.6) is 0 Å². The van der Waals surface area contributed by atoms with Gasteiger partial charge in [0.2, 0.25) is 0 Å². The maximum atomic E-state index is 11.0. The Morgan fingerprint density at radius 2 is 1.94 bits per heavy atom. The van der Waals surface area contributed by atoms with Crippen molar-refractivity contribution in [2.75, 3.05) is 12.8 Å². The lowest BCUT2D eigenvalue weighted by atomic mass is 10.0. The molecule has 3 nitrogen and oxygen atoms in total. The summed E-state index contributed by atoms with van der Waals surface area (Å²) in [5, 5.41) is 1.97. The average molecular weight is 239 g/mol. The molecule has 0 spiro atoms. The molecule has 0 radical (unpaired) electrons. The summed E-state index contributed by atoms with van der Waals surface area (Å²) < 4.78 is 4.53. The smallest absolute Gasteiger partial charge is 0.317 e. The van der Waals surface area contributed by atoms with Gasteiger partial charge in [-0.1, -0.05) is 36.1 Å². The molecule has 0 bridgehead atoms. The number of anilines is 1. The number of hydrogen-bond donors (Lipinski definition) is 1. The Kier molecular flexibility index (Phi) is 3.49. The number of benzene rings is 2. The summed E-state index contributed by atoms with van der Waals surface area (Å²) in [7, 11) is 1.35. The molecule has 18 heavy (non-hydrogen) atoms. The number of methoxy groups -OCH3 is 1. The number of rotatable bonds is 1. The standard InChI is InChI=1S/C15H13NO2/c1-18-15(17)8-4-5-11-9-10-14(16)13-7-3-2-6-12(11)13/h2-3,6-7,9-10H,8,16H2,1H3. The van der Waals surface area contributed by atoms with Crippen molar-refractivity contribution in [2.45, 2.75) is 6.42 Å². The van der Waals surface area contributed by atoms with Crippen LogP contribution >= 0.6 is 0 Å². The first-order valence-electron chi connectivity index (χ1n) is 5.55. The maximum absolute atomic E-state index is 11.0. The van der Waals surface area contributed by atoms with Gasteiger partial charge in [0, 0.05) is 16.6 Å². The van der Waals surface area contributed by atoms with Gasteiger partial charge in [-0.3, -0.25) is 4.79 Å². The highest BCUT2D eigenvalue weighted by atomic mass is 16.5. The first-order valence-corrected chi connectivity index (χ1v) is 5.55. The van der Waals surface area contributed by atoms with Crippen LogP contribution < -0.4 is 5.73 Å². The van der Waals surface area contributed by atoms with Crippen LogP contribution in [0.1, 0.15) is 12.0 Å². The third kappa shape index (κ3) is 2.44. The minimum atomic E-state index is -0.331. The second kappa shape index (κ2) is 5.24. The normalized spacial score (nSPS) is 9.61. The third-order valence-corrected chi connectivity index (χ3v) is 2.64. The van der Waals surface area contributed by atoms with Gasteiger partial charge < -0.3 is 10.5 Å². The van der Waals surface area contributed by atoms with Crippen LogP contribution in [0.25, 0.3) is 10.8 Å². The van der Waals surface area contributed by atoms with Gasteiger partial charge in [0.1, 0.15) is 6.42 Å². The number of fused-ring (bicyclic) bond motifs is 1. The number of nitrogens with two attached hydrogens (primary N) is 1. The van der Waals surface area contributed by atoms with Gasteiger partial charge in [0.25, 0.3) is 0 Å². The Bertz CT molecular complexity index is 650. The van der Waals surface area contributed by atoms with Crippen LogP contribution in [0.2, 0.25) is 0 Å². The molecule has 0 saturated heterocycles. The Hall–Kier alpha value is -2.47. The molecule has 0 atom stereocenters. The van der Waals surface area contributed by atoms with Crippen LogP contribution in [0.15, 0.2) is 36.4 Å². The second-order valence-corrected chi connectivity index (χ2v) is 3.80. The van der Waals surface area contributed by atoms with Gasteiger partial charge >= 0.3 is 5.97 Å². The van der Waals surface area contributed by atoms with E-state index in [1.807, 2.05) is 36.4 Å². The number of carbonyl (C=O) groups excluding carboxylic acids is 1. The van der Waals surface area contributed by atoms with Crippen LogP contribution in [-0.2, 0) is 9.53 Å². The summed E-state index contributed by atoms with van der Waals surface area (Å²) in [6.07, 6.45) is 0.0925. The SMILES string of the molecule is COC(=O)CC#Cc1ccc(N)c2ccccc12. The Labute approximate surface area is 106 Å². The van der Waals surface area contributed by atoms with E-state index >= 15 is 0 Å². The zero-order valence-electron chi connectivity index (χ0n) is 10.1. The summed E-state index contributed by atoms with van der Waals surface area (Å²) >= 11 is 0. The second-order valence-electron chi connectivity index (χ2n) is 3.80. The lowest BCUT2D eigenvalue weighted by molar-refractivity contribution is -0.139. The number of hydrogen-bond acceptors (Lipinski definition) is 3. The monoisotopic (exact) mass is 239 g/mol. The molecular weight excluding hydrogens is 226 g/mol. The first-order chi connectivity index (χ1) is 8.72. The summed E-state index contributed by atoms with van der Waals surface area (Å²) in [5.74, 6) is 5.44. The predicted octanol–water partition coefficient (Wildman–Crippen LogP) is 2.34. The summed E-state index contributed by atoms with van der Waals surface area (Å²) in [4.78, 5) is 11.0. The third-order valence-electron chi connectivity index (χ3n) is 2.64. The average Bonchev–Trinajstić information content (AvgIpc) is 2.41. The molecule has 0 aliphatic carbocycles. The molecule has 0 amide bonds. The predicted molar refractivity (Wildman–Crippen MR) is 71.9 cm³/mol. The molecule has 0 heterocycles. The van der Waals surface area contributed by atoms with Crippen LogP contribution in [0.3, 0.4) is 0 Å². The van der Waals surface area contributed by atoms with Gasteiger partial charge in [-0.25, -0.2) is 0 Å².